The largest absolute Gasteiger partial charge is 0.495 e. The number of carbonyl (C=O) groups is 1. The predicted octanol–water partition coefficient (Wildman–Crippen LogP) is 3.69. The topological polar surface area (TPSA) is 32.8 Å². The Bertz CT molecular complexity index is 755. The Balaban J connectivity index is 1.71. The van der Waals surface area contributed by atoms with Gasteiger partial charge >= 0.3 is 0 Å². The molecule has 0 radical (unpaired) electrons. The fourth-order valence-corrected chi connectivity index (χ4v) is 3.61. The Morgan fingerprint density at radius 3 is 2.48 bits per heavy atom. The molecule has 1 aliphatic heterocycles. The number of hydrogen-bond acceptors (Lipinski definition) is 4. The average molecular weight is 356 g/mol. The molecule has 1 amide bonds. The maximum Gasteiger partial charge on any atom is 0.254 e. The van der Waals surface area contributed by atoms with Gasteiger partial charge in [-0.25, -0.2) is 0 Å². The lowest BCUT2D eigenvalue weighted by molar-refractivity contribution is 0.0745. The molecule has 1 saturated heterocycles. The monoisotopic (exact) mass is 356 g/mol. The van der Waals surface area contributed by atoms with E-state index in [9.17, 15) is 4.79 Å². The van der Waals surface area contributed by atoms with Gasteiger partial charge in [-0.3, -0.25) is 4.79 Å². The van der Waals surface area contributed by atoms with Crippen molar-refractivity contribution in [3.05, 3.63) is 53.6 Å². The minimum Gasteiger partial charge on any atom is -0.495 e. The van der Waals surface area contributed by atoms with Crippen molar-refractivity contribution in [2.24, 2.45) is 0 Å². The maximum atomic E-state index is 12.9. The van der Waals surface area contributed by atoms with Crippen LogP contribution in [0.5, 0.6) is 5.75 Å². The number of hydrogen-bond donors (Lipinski definition) is 0. The lowest BCUT2D eigenvalue weighted by Crippen LogP contribution is -2.49. The summed E-state index contributed by atoms with van der Waals surface area (Å²) < 4.78 is 5.46. The van der Waals surface area contributed by atoms with Gasteiger partial charge in [0.25, 0.3) is 5.91 Å². The van der Waals surface area contributed by atoms with Crippen molar-refractivity contribution in [1.82, 2.24) is 4.90 Å². The maximum absolute atomic E-state index is 12.9. The molecule has 25 heavy (non-hydrogen) atoms. The first-order valence-corrected chi connectivity index (χ1v) is 9.68. The van der Waals surface area contributed by atoms with Crippen LogP contribution in [0.2, 0.25) is 0 Å². The summed E-state index contributed by atoms with van der Waals surface area (Å²) in [6.07, 6.45) is 2.03. The van der Waals surface area contributed by atoms with E-state index in [2.05, 4.69) is 17.0 Å². The van der Waals surface area contributed by atoms with Crippen LogP contribution in [0.1, 0.15) is 15.9 Å². The zero-order valence-corrected chi connectivity index (χ0v) is 15.8. The zero-order chi connectivity index (χ0) is 17.8. The minimum absolute atomic E-state index is 0.132. The highest BCUT2D eigenvalue weighted by Crippen LogP contribution is 2.29. The van der Waals surface area contributed by atoms with E-state index in [1.165, 1.54) is 0 Å². The molecular weight excluding hydrogens is 332 g/mol. The molecule has 0 N–H and O–H groups in total. The van der Waals surface area contributed by atoms with Crippen LogP contribution in [0.3, 0.4) is 0 Å². The molecule has 0 aromatic heterocycles. The van der Waals surface area contributed by atoms with Crippen molar-refractivity contribution in [1.29, 1.82) is 0 Å². The Morgan fingerprint density at radius 1 is 1.08 bits per heavy atom. The van der Waals surface area contributed by atoms with Gasteiger partial charge in [0, 0.05) is 36.6 Å². The molecule has 4 nitrogen and oxygen atoms in total. The van der Waals surface area contributed by atoms with E-state index in [-0.39, 0.29) is 5.91 Å². The molecule has 0 spiro atoms. The molecule has 5 heteroatoms. The van der Waals surface area contributed by atoms with Crippen LogP contribution in [0.15, 0.2) is 47.4 Å². The average Bonchev–Trinajstić information content (AvgIpc) is 2.68. The number of benzene rings is 2. The molecule has 0 unspecified atom stereocenters. The number of para-hydroxylation sites is 2. The summed E-state index contributed by atoms with van der Waals surface area (Å²) in [6.45, 7) is 5.07. The highest BCUT2D eigenvalue weighted by atomic mass is 32.2. The van der Waals surface area contributed by atoms with Gasteiger partial charge in [-0.1, -0.05) is 18.2 Å². The van der Waals surface area contributed by atoms with E-state index >= 15 is 0 Å². The normalized spacial score (nSPS) is 14.5. The smallest absolute Gasteiger partial charge is 0.254 e. The summed E-state index contributed by atoms with van der Waals surface area (Å²) in [4.78, 5) is 18.3. The predicted molar refractivity (Wildman–Crippen MR) is 104 cm³/mol. The van der Waals surface area contributed by atoms with Crippen molar-refractivity contribution < 1.29 is 9.53 Å². The van der Waals surface area contributed by atoms with Gasteiger partial charge in [0.05, 0.1) is 12.8 Å². The van der Waals surface area contributed by atoms with Crippen molar-refractivity contribution in [3.63, 3.8) is 0 Å². The summed E-state index contributed by atoms with van der Waals surface area (Å²) >= 11 is 1.66. The highest BCUT2D eigenvalue weighted by Gasteiger charge is 2.24. The third kappa shape index (κ3) is 3.76. The number of nitrogens with zero attached hydrogens (tertiary/aromatic N) is 2. The number of amides is 1. The number of rotatable bonds is 4. The van der Waals surface area contributed by atoms with E-state index in [4.69, 9.17) is 4.74 Å². The quantitative estimate of drug-likeness (QED) is 0.782. The standard InChI is InChI=1S/C20H24N2O2S/c1-15-8-9-16(25-3)14-17(15)20(23)22-12-10-21(11-13-22)18-6-4-5-7-19(18)24-2/h4-9,14H,10-13H2,1-3H3. The fourth-order valence-electron chi connectivity index (χ4n) is 3.17. The molecule has 0 aliphatic carbocycles. The van der Waals surface area contributed by atoms with E-state index in [1.54, 1.807) is 18.9 Å². The van der Waals surface area contributed by atoms with Crippen LogP contribution in [0.4, 0.5) is 5.69 Å². The van der Waals surface area contributed by atoms with E-state index < -0.39 is 0 Å². The number of ether oxygens (including phenoxy) is 1. The first-order valence-electron chi connectivity index (χ1n) is 8.46. The number of methoxy groups -OCH3 is 1. The summed E-state index contributed by atoms with van der Waals surface area (Å²) in [7, 11) is 1.69. The number of thioether (sulfide) groups is 1. The van der Waals surface area contributed by atoms with Crippen molar-refractivity contribution in [2.45, 2.75) is 11.8 Å². The van der Waals surface area contributed by atoms with Crippen LogP contribution in [-0.2, 0) is 0 Å². The van der Waals surface area contributed by atoms with Crippen LogP contribution in [0.25, 0.3) is 0 Å². The second kappa shape index (κ2) is 7.83. The lowest BCUT2D eigenvalue weighted by atomic mass is 10.1. The molecule has 1 heterocycles. The highest BCUT2D eigenvalue weighted by molar-refractivity contribution is 7.98. The zero-order valence-electron chi connectivity index (χ0n) is 15.0. The Hall–Kier alpha value is -2.14. The lowest BCUT2D eigenvalue weighted by Gasteiger charge is -2.36. The molecule has 0 bridgehead atoms. The van der Waals surface area contributed by atoms with E-state index in [1.807, 2.05) is 48.4 Å². The van der Waals surface area contributed by atoms with Gasteiger partial charge in [0.2, 0.25) is 0 Å². The van der Waals surface area contributed by atoms with E-state index in [0.29, 0.717) is 0 Å². The Labute approximate surface area is 153 Å². The van der Waals surface area contributed by atoms with Gasteiger partial charge in [-0.15, -0.1) is 11.8 Å². The van der Waals surface area contributed by atoms with Crippen molar-refractivity contribution in [2.75, 3.05) is 44.4 Å². The van der Waals surface area contributed by atoms with Crippen LogP contribution in [-0.4, -0.2) is 50.4 Å². The number of anilines is 1. The first-order chi connectivity index (χ1) is 12.1. The van der Waals surface area contributed by atoms with Gasteiger partial charge in [0.1, 0.15) is 5.75 Å². The van der Waals surface area contributed by atoms with Gasteiger partial charge in [0.15, 0.2) is 0 Å². The molecule has 3 rings (SSSR count). The molecule has 1 aliphatic rings. The second-order valence-corrected chi connectivity index (χ2v) is 7.01. The number of carbonyl (C=O) groups excluding carboxylic acids is 1. The van der Waals surface area contributed by atoms with Crippen LogP contribution in [0, 0.1) is 6.92 Å². The van der Waals surface area contributed by atoms with Crippen molar-refractivity contribution >= 4 is 23.4 Å². The molecule has 132 valence electrons. The molecule has 1 fully saturated rings. The van der Waals surface area contributed by atoms with Gasteiger partial charge in [-0.2, -0.15) is 0 Å². The first kappa shape index (κ1) is 17.7. The Morgan fingerprint density at radius 2 is 1.80 bits per heavy atom. The van der Waals surface area contributed by atoms with Gasteiger partial charge in [-0.05, 0) is 43.0 Å². The SMILES string of the molecule is COc1ccccc1N1CCN(C(=O)c2cc(SC)ccc2C)CC1. The number of piperazine rings is 1. The van der Waals surface area contributed by atoms with Crippen molar-refractivity contribution in [3.8, 4) is 5.75 Å². The summed E-state index contributed by atoms with van der Waals surface area (Å²) in [5.74, 6) is 1.01. The van der Waals surface area contributed by atoms with E-state index in [0.717, 1.165) is 53.6 Å². The molecule has 2 aromatic carbocycles. The summed E-state index contributed by atoms with van der Waals surface area (Å²) in [5.41, 5.74) is 2.95. The number of aryl methyl sites for hydroxylation is 1. The molecule has 0 atom stereocenters. The third-order valence-corrected chi connectivity index (χ3v) is 5.39. The second-order valence-electron chi connectivity index (χ2n) is 6.13. The molecular formula is C20H24N2O2S. The summed E-state index contributed by atoms with van der Waals surface area (Å²) in [6, 6.07) is 14.2. The van der Waals surface area contributed by atoms with Crippen LogP contribution < -0.4 is 9.64 Å². The minimum atomic E-state index is 0.132. The van der Waals surface area contributed by atoms with Gasteiger partial charge < -0.3 is 14.5 Å². The summed E-state index contributed by atoms with van der Waals surface area (Å²) in [5, 5.41) is 0. The molecule has 2 aromatic rings. The third-order valence-electron chi connectivity index (χ3n) is 4.67. The molecule has 0 saturated carbocycles. The van der Waals surface area contributed by atoms with Crippen LogP contribution >= 0.6 is 11.8 Å². The fraction of sp³-hybridized carbons (Fsp3) is 0.350. The Kier molecular flexibility index (Phi) is 5.53.